The highest BCUT2D eigenvalue weighted by Crippen LogP contribution is 2.39. The lowest BCUT2D eigenvalue weighted by Gasteiger charge is -2.21. The monoisotopic (exact) mass is 352 g/mol. The maximum atomic E-state index is 14.1. The van der Waals surface area contributed by atoms with E-state index < -0.39 is 11.7 Å². The molecule has 0 aliphatic carbocycles. The van der Waals surface area contributed by atoms with Gasteiger partial charge in [-0.05, 0) is 38.1 Å². The van der Waals surface area contributed by atoms with Gasteiger partial charge in [-0.25, -0.2) is 4.39 Å². The van der Waals surface area contributed by atoms with E-state index >= 15 is 0 Å². The van der Waals surface area contributed by atoms with Crippen LogP contribution in [0.2, 0.25) is 0 Å². The predicted molar refractivity (Wildman–Crippen MR) is 94.8 cm³/mol. The summed E-state index contributed by atoms with van der Waals surface area (Å²) in [6.45, 7) is 4.24. The SMILES string of the molecule is CCN(C(=O)c1noc2c1COc1ccc(C)cc1-2)c1ccccc1F. The molecule has 1 amide bonds. The number of aromatic nitrogens is 1. The summed E-state index contributed by atoms with van der Waals surface area (Å²) in [5, 5.41) is 3.98. The highest BCUT2D eigenvalue weighted by molar-refractivity contribution is 6.06. The summed E-state index contributed by atoms with van der Waals surface area (Å²) in [7, 11) is 0. The van der Waals surface area contributed by atoms with Gasteiger partial charge in [-0.15, -0.1) is 0 Å². The molecule has 6 heteroatoms. The van der Waals surface area contributed by atoms with Crippen molar-refractivity contribution in [2.24, 2.45) is 0 Å². The lowest BCUT2D eigenvalue weighted by atomic mass is 10.0. The van der Waals surface area contributed by atoms with Crippen molar-refractivity contribution in [2.45, 2.75) is 20.5 Å². The molecule has 1 aromatic heterocycles. The van der Waals surface area contributed by atoms with Crippen LogP contribution in [0.15, 0.2) is 47.0 Å². The predicted octanol–water partition coefficient (Wildman–Crippen LogP) is 4.35. The van der Waals surface area contributed by atoms with Gasteiger partial charge in [0.1, 0.15) is 18.2 Å². The number of benzene rings is 2. The average molecular weight is 352 g/mol. The third-order valence-electron chi connectivity index (χ3n) is 4.45. The zero-order chi connectivity index (χ0) is 18.3. The molecule has 132 valence electrons. The molecule has 0 fully saturated rings. The fourth-order valence-electron chi connectivity index (χ4n) is 3.14. The highest BCUT2D eigenvalue weighted by atomic mass is 19.1. The van der Waals surface area contributed by atoms with Crippen LogP contribution in [0.25, 0.3) is 11.3 Å². The van der Waals surface area contributed by atoms with Crippen LogP contribution in [0.3, 0.4) is 0 Å². The normalized spacial score (nSPS) is 12.1. The number of fused-ring (bicyclic) bond motifs is 3. The average Bonchev–Trinajstić information content (AvgIpc) is 3.08. The fraction of sp³-hybridized carbons (Fsp3) is 0.200. The van der Waals surface area contributed by atoms with Crippen molar-refractivity contribution in [3.63, 3.8) is 0 Å². The van der Waals surface area contributed by atoms with Crippen molar-refractivity contribution in [3.05, 3.63) is 65.1 Å². The van der Waals surface area contributed by atoms with Gasteiger partial charge in [0.2, 0.25) is 0 Å². The number of ether oxygens (including phenoxy) is 1. The number of aryl methyl sites for hydroxylation is 1. The maximum Gasteiger partial charge on any atom is 0.280 e. The lowest BCUT2D eigenvalue weighted by Crippen LogP contribution is -2.32. The van der Waals surface area contributed by atoms with Gasteiger partial charge >= 0.3 is 0 Å². The summed E-state index contributed by atoms with van der Waals surface area (Å²) >= 11 is 0. The number of carbonyl (C=O) groups excluding carboxylic acids is 1. The van der Waals surface area contributed by atoms with E-state index in [0.29, 0.717) is 23.6 Å². The van der Waals surface area contributed by atoms with Gasteiger partial charge in [0.25, 0.3) is 5.91 Å². The summed E-state index contributed by atoms with van der Waals surface area (Å²) in [5.41, 5.74) is 2.77. The Bertz CT molecular complexity index is 996. The molecular weight excluding hydrogens is 335 g/mol. The minimum absolute atomic E-state index is 0.150. The second-order valence-electron chi connectivity index (χ2n) is 6.13. The Balaban J connectivity index is 1.76. The maximum absolute atomic E-state index is 14.1. The second kappa shape index (κ2) is 6.29. The molecule has 0 spiro atoms. The minimum atomic E-state index is -0.461. The van der Waals surface area contributed by atoms with Crippen LogP contribution in [0.1, 0.15) is 28.5 Å². The van der Waals surface area contributed by atoms with Crippen molar-refractivity contribution in [1.82, 2.24) is 5.16 Å². The van der Waals surface area contributed by atoms with Crippen LogP contribution in [-0.2, 0) is 6.61 Å². The van der Waals surface area contributed by atoms with Gasteiger partial charge in [-0.2, -0.15) is 0 Å². The van der Waals surface area contributed by atoms with Gasteiger partial charge in [-0.3, -0.25) is 4.79 Å². The lowest BCUT2D eigenvalue weighted by molar-refractivity contribution is 0.0976. The highest BCUT2D eigenvalue weighted by Gasteiger charge is 2.31. The van der Waals surface area contributed by atoms with Crippen LogP contribution in [0.5, 0.6) is 5.75 Å². The summed E-state index contributed by atoms with van der Waals surface area (Å²) in [5.74, 6) is 0.349. The molecule has 0 unspecified atom stereocenters. The fourth-order valence-corrected chi connectivity index (χ4v) is 3.14. The third-order valence-corrected chi connectivity index (χ3v) is 4.45. The Labute approximate surface area is 150 Å². The Morgan fingerprint density at radius 1 is 1.27 bits per heavy atom. The topological polar surface area (TPSA) is 55.6 Å². The minimum Gasteiger partial charge on any atom is -0.488 e. The van der Waals surface area contributed by atoms with E-state index in [1.807, 2.05) is 25.1 Å². The summed E-state index contributed by atoms with van der Waals surface area (Å²) < 4.78 is 25.4. The first-order valence-corrected chi connectivity index (χ1v) is 8.39. The van der Waals surface area contributed by atoms with Crippen molar-refractivity contribution in [2.75, 3.05) is 11.4 Å². The number of hydrogen-bond acceptors (Lipinski definition) is 4. The van der Waals surface area contributed by atoms with Crippen molar-refractivity contribution < 1.29 is 18.4 Å². The third kappa shape index (κ3) is 2.54. The second-order valence-corrected chi connectivity index (χ2v) is 6.13. The van der Waals surface area contributed by atoms with Crippen LogP contribution < -0.4 is 9.64 Å². The number of rotatable bonds is 3. The molecule has 2 heterocycles. The van der Waals surface area contributed by atoms with Gasteiger partial charge in [0, 0.05) is 6.54 Å². The van der Waals surface area contributed by atoms with Gasteiger partial charge in [0.15, 0.2) is 11.5 Å². The first-order valence-electron chi connectivity index (χ1n) is 8.39. The number of para-hydroxylation sites is 1. The molecular formula is C20H17FN2O3. The van der Waals surface area contributed by atoms with E-state index in [1.165, 1.54) is 11.0 Å². The van der Waals surface area contributed by atoms with E-state index in [9.17, 15) is 9.18 Å². The molecule has 0 saturated heterocycles. The first-order chi connectivity index (χ1) is 12.6. The van der Waals surface area contributed by atoms with E-state index in [2.05, 4.69) is 5.16 Å². The number of halogens is 1. The van der Waals surface area contributed by atoms with Crippen LogP contribution in [0.4, 0.5) is 10.1 Å². The van der Waals surface area contributed by atoms with E-state index in [1.54, 1.807) is 25.1 Å². The van der Waals surface area contributed by atoms with Gasteiger partial charge < -0.3 is 14.2 Å². The summed E-state index contributed by atoms with van der Waals surface area (Å²) in [6.07, 6.45) is 0. The van der Waals surface area contributed by atoms with Crippen LogP contribution >= 0.6 is 0 Å². The van der Waals surface area contributed by atoms with E-state index in [4.69, 9.17) is 9.26 Å². The Morgan fingerprint density at radius 2 is 2.08 bits per heavy atom. The molecule has 0 N–H and O–H groups in total. The molecule has 1 aliphatic heterocycles. The number of carbonyl (C=O) groups is 1. The molecule has 0 bridgehead atoms. The number of anilines is 1. The Hall–Kier alpha value is -3.15. The molecule has 3 aromatic rings. The molecule has 0 saturated carbocycles. The molecule has 0 atom stereocenters. The van der Waals surface area contributed by atoms with Crippen molar-refractivity contribution >= 4 is 11.6 Å². The standard InChI is InChI=1S/C20H17FN2O3/c1-3-23(16-7-5-4-6-15(16)21)20(24)18-14-11-25-17-9-8-12(2)10-13(17)19(14)26-22-18/h4-10H,3,11H2,1-2H3. The molecule has 26 heavy (non-hydrogen) atoms. The van der Waals surface area contributed by atoms with E-state index in [0.717, 1.165) is 11.1 Å². The van der Waals surface area contributed by atoms with Crippen LogP contribution in [-0.4, -0.2) is 17.6 Å². The summed E-state index contributed by atoms with van der Waals surface area (Å²) in [6, 6.07) is 11.9. The molecule has 4 rings (SSSR count). The molecule has 5 nitrogen and oxygen atoms in total. The van der Waals surface area contributed by atoms with Crippen molar-refractivity contribution in [3.8, 4) is 17.1 Å². The van der Waals surface area contributed by atoms with E-state index in [-0.39, 0.29) is 18.0 Å². The molecule has 0 radical (unpaired) electrons. The zero-order valence-electron chi connectivity index (χ0n) is 14.5. The number of nitrogens with zero attached hydrogens (tertiary/aromatic N) is 2. The quantitative estimate of drug-likeness (QED) is 0.703. The number of hydrogen-bond donors (Lipinski definition) is 0. The van der Waals surface area contributed by atoms with Crippen molar-refractivity contribution in [1.29, 1.82) is 0 Å². The first kappa shape index (κ1) is 16.3. The molecule has 2 aromatic carbocycles. The van der Waals surface area contributed by atoms with Crippen LogP contribution in [0, 0.1) is 12.7 Å². The summed E-state index contributed by atoms with van der Waals surface area (Å²) in [4.78, 5) is 14.4. The van der Waals surface area contributed by atoms with Gasteiger partial charge in [0.05, 0.1) is 16.8 Å². The Kier molecular flexibility index (Phi) is 3.95. The van der Waals surface area contributed by atoms with Gasteiger partial charge in [-0.1, -0.05) is 28.9 Å². The number of amides is 1. The zero-order valence-corrected chi connectivity index (χ0v) is 14.5. The molecule has 1 aliphatic rings. The largest absolute Gasteiger partial charge is 0.488 e. The Morgan fingerprint density at radius 3 is 2.85 bits per heavy atom. The smallest absolute Gasteiger partial charge is 0.280 e.